The quantitative estimate of drug-likeness (QED) is 0.740. The van der Waals surface area contributed by atoms with Gasteiger partial charge in [0.05, 0.1) is 0 Å². The van der Waals surface area contributed by atoms with Crippen molar-refractivity contribution in [2.24, 2.45) is 5.92 Å². The third kappa shape index (κ3) is 3.99. The van der Waals surface area contributed by atoms with Crippen LogP contribution in [-0.4, -0.2) is 12.6 Å². The van der Waals surface area contributed by atoms with E-state index >= 15 is 0 Å². The zero-order chi connectivity index (χ0) is 13.8. The number of nitrogens with one attached hydrogen (secondary N) is 1. The van der Waals surface area contributed by atoms with Gasteiger partial charge in [-0.05, 0) is 55.2 Å². The molecule has 0 saturated heterocycles. The molecule has 2 saturated carbocycles. The van der Waals surface area contributed by atoms with E-state index in [0.29, 0.717) is 5.92 Å². The lowest BCUT2D eigenvalue weighted by Crippen LogP contribution is -2.28. The number of rotatable bonds is 5. The standard InChI is InChI=1S/C18H26ClN/c19-16-9-7-15(8-10-16)18(13-20-17-11-12-17)14-5-3-1-2-4-6-14/h7-10,14,17-18,20H,1-6,11-13H2. The fraction of sp³-hybridized carbons (Fsp3) is 0.667. The molecule has 0 aromatic heterocycles. The van der Waals surface area contributed by atoms with Crippen LogP contribution in [0.1, 0.15) is 62.8 Å². The Labute approximate surface area is 128 Å². The van der Waals surface area contributed by atoms with E-state index in [1.54, 1.807) is 0 Å². The molecule has 2 heteroatoms. The van der Waals surface area contributed by atoms with E-state index in [1.165, 1.54) is 56.9 Å². The van der Waals surface area contributed by atoms with Crippen LogP contribution >= 0.6 is 11.6 Å². The SMILES string of the molecule is Clc1ccc(C(CNC2CC2)C2CCCCCC2)cc1. The molecule has 110 valence electrons. The Kier molecular flexibility index (Phi) is 5.01. The van der Waals surface area contributed by atoms with Crippen molar-refractivity contribution < 1.29 is 0 Å². The summed E-state index contributed by atoms with van der Waals surface area (Å²) in [5.41, 5.74) is 1.48. The topological polar surface area (TPSA) is 12.0 Å². The summed E-state index contributed by atoms with van der Waals surface area (Å²) in [5, 5.41) is 4.60. The molecule has 2 aliphatic rings. The summed E-state index contributed by atoms with van der Waals surface area (Å²) in [5.74, 6) is 1.52. The summed E-state index contributed by atoms with van der Waals surface area (Å²) in [6, 6.07) is 9.39. The highest BCUT2D eigenvalue weighted by molar-refractivity contribution is 6.30. The number of halogens is 1. The van der Waals surface area contributed by atoms with Gasteiger partial charge in [0.25, 0.3) is 0 Å². The van der Waals surface area contributed by atoms with Gasteiger partial charge >= 0.3 is 0 Å². The monoisotopic (exact) mass is 291 g/mol. The van der Waals surface area contributed by atoms with Crippen LogP contribution in [0, 0.1) is 5.92 Å². The van der Waals surface area contributed by atoms with E-state index in [0.717, 1.165) is 23.5 Å². The van der Waals surface area contributed by atoms with E-state index < -0.39 is 0 Å². The fourth-order valence-electron chi connectivity index (χ4n) is 3.56. The van der Waals surface area contributed by atoms with Crippen molar-refractivity contribution in [2.45, 2.75) is 63.3 Å². The molecular weight excluding hydrogens is 266 g/mol. The summed E-state index contributed by atoms with van der Waals surface area (Å²) >= 11 is 6.05. The first-order chi connectivity index (χ1) is 9.83. The van der Waals surface area contributed by atoms with Gasteiger partial charge in [-0.3, -0.25) is 0 Å². The van der Waals surface area contributed by atoms with E-state index in [2.05, 4.69) is 29.6 Å². The van der Waals surface area contributed by atoms with E-state index in [9.17, 15) is 0 Å². The lowest BCUT2D eigenvalue weighted by Gasteiger charge is -2.27. The fourth-order valence-corrected chi connectivity index (χ4v) is 3.69. The van der Waals surface area contributed by atoms with Crippen LogP contribution in [0.15, 0.2) is 24.3 Å². The van der Waals surface area contributed by atoms with Crippen molar-refractivity contribution in [2.75, 3.05) is 6.54 Å². The van der Waals surface area contributed by atoms with Gasteiger partial charge in [0.2, 0.25) is 0 Å². The molecule has 1 atom stereocenters. The average molecular weight is 292 g/mol. The Balaban J connectivity index is 1.72. The Morgan fingerprint density at radius 1 is 0.950 bits per heavy atom. The molecule has 1 aromatic rings. The van der Waals surface area contributed by atoms with Crippen molar-refractivity contribution in [1.29, 1.82) is 0 Å². The second kappa shape index (κ2) is 6.95. The molecule has 0 spiro atoms. The third-order valence-electron chi connectivity index (χ3n) is 4.97. The molecule has 0 bridgehead atoms. The Morgan fingerprint density at radius 3 is 2.20 bits per heavy atom. The van der Waals surface area contributed by atoms with Crippen molar-refractivity contribution in [3.8, 4) is 0 Å². The molecule has 3 rings (SSSR count). The predicted molar refractivity (Wildman–Crippen MR) is 86.4 cm³/mol. The van der Waals surface area contributed by atoms with Crippen molar-refractivity contribution >= 4 is 11.6 Å². The first-order valence-corrected chi connectivity index (χ1v) is 8.69. The highest BCUT2D eigenvalue weighted by Crippen LogP contribution is 2.36. The average Bonchev–Trinajstić information content (AvgIpc) is 3.28. The third-order valence-corrected chi connectivity index (χ3v) is 5.22. The van der Waals surface area contributed by atoms with Gasteiger partial charge in [-0.1, -0.05) is 49.4 Å². The van der Waals surface area contributed by atoms with Gasteiger partial charge in [-0.2, -0.15) is 0 Å². The molecule has 2 fully saturated rings. The van der Waals surface area contributed by atoms with Gasteiger partial charge < -0.3 is 5.32 Å². The zero-order valence-electron chi connectivity index (χ0n) is 12.3. The van der Waals surface area contributed by atoms with Gasteiger partial charge in [0.1, 0.15) is 0 Å². The molecule has 1 nitrogen and oxygen atoms in total. The van der Waals surface area contributed by atoms with Crippen LogP contribution in [0.25, 0.3) is 0 Å². The van der Waals surface area contributed by atoms with Gasteiger partial charge in [-0.15, -0.1) is 0 Å². The molecule has 0 amide bonds. The second-order valence-corrected chi connectivity index (χ2v) is 7.03. The summed E-state index contributed by atoms with van der Waals surface area (Å²) in [4.78, 5) is 0. The van der Waals surface area contributed by atoms with Crippen LogP contribution < -0.4 is 5.32 Å². The summed E-state index contributed by atoms with van der Waals surface area (Å²) in [7, 11) is 0. The minimum absolute atomic E-state index is 0.672. The van der Waals surface area contributed by atoms with Crippen LogP contribution in [0.3, 0.4) is 0 Å². The van der Waals surface area contributed by atoms with Gasteiger partial charge in [0.15, 0.2) is 0 Å². The molecule has 20 heavy (non-hydrogen) atoms. The minimum Gasteiger partial charge on any atom is -0.313 e. The van der Waals surface area contributed by atoms with E-state index in [-0.39, 0.29) is 0 Å². The van der Waals surface area contributed by atoms with Crippen LogP contribution in [0.4, 0.5) is 0 Å². The second-order valence-electron chi connectivity index (χ2n) is 6.59. The van der Waals surface area contributed by atoms with Crippen molar-refractivity contribution in [3.63, 3.8) is 0 Å². The highest BCUT2D eigenvalue weighted by atomic mass is 35.5. The molecule has 1 aromatic carbocycles. The van der Waals surface area contributed by atoms with E-state index in [1.807, 2.05) is 0 Å². The number of benzene rings is 1. The largest absolute Gasteiger partial charge is 0.313 e. The summed E-state index contributed by atoms with van der Waals surface area (Å²) in [6.45, 7) is 1.15. The first-order valence-electron chi connectivity index (χ1n) is 8.32. The predicted octanol–water partition coefficient (Wildman–Crippen LogP) is 5.15. The Bertz CT molecular complexity index is 402. The lowest BCUT2D eigenvalue weighted by molar-refractivity contribution is 0.360. The highest BCUT2D eigenvalue weighted by Gasteiger charge is 2.27. The van der Waals surface area contributed by atoms with Crippen LogP contribution in [0.5, 0.6) is 0 Å². The smallest absolute Gasteiger partial charge is 0.0406 e. The maximum absolute atomic E-state index is 6.05. The maximum Gasteiger partial charge on any atom is 0.0406 e. The summed E-state index contributed by atoms with van der Waals surface area (Å²) in [6.07, 6.45) is 11.2. The van der Waals surface area contributed by atoms with Gasteiger partial charge in [0, 0.05) is 17.6 Å². The molecule has 2 aliphatic carbocycles. The van der Waals surface area contributed by atoms with Gasteiger partial charge in [-0.25, -0.2) is 0 Å². The maximum atomic E-state index is 6.05. The number of hydrogen-bond donors (Lipinski definition) is 1. The molecule has 1 N–H and O–H groups in total. The van der Waals surface area contributed by atoms with Crippen LogP contribution in [0.2, 0.25) is 5.02 Å². The first kappa shape index (κ1) is 14.4. The molecule has 0 aliphatic heterocycles. The number of hydrogen-bond acceptors (Lipinski definition) is 1. The lowest BCUT2D eigenvalue weighted by atomic mass is 9.81. The van der Waals surface area contributed by atoms with E-state index in [4.69, 9.17) is 11.6 Å². The van der Waals surface area contributed by atoms with Crippen molar-refractivity contribution in [3.05, 3.63) is 34.9 Å². The normalized spacial score (nSPS) is 22.4. The Hall–Kier alpha value is -0.530. The molecule has 1 unspecified atom stereocenters. The zero-order valence-corrected chi connectivity index (χ0v) is 13.0. The molecular formula is C18H26ClN. The minimum atomic E-state index is 0.672. The Morgan fingerprint density at radius 2 is 1.60 bits per heavy atom. The molecule has 0 heterocycles. The van der Waals surface area contributed by atoms with Crippen molar-refractivity contribution in [1.82, 2.24) is 5.32 Å². The molecule has 0 radical (unpaired) electrons. The summed E-state index contributed by atoms with van der Waals surface area (Å²) < 4.78 is 0. The van der Waals surface area contributed by atoms with Crippen LogP contribution in [-0.2, 0) is 0 Å².